The lowest BCUT2D eigenvalue weighted by Gasteiger charge is -2.38. The molecule has 0 atom stereocenters. The van der Waals surface area contributed by atoms with E-state index in [2.05, 4.69) is 55.1 Å². The maximum Gasteiger partial charge on any atom is 0.324 e. The predicted octanol–water partition coefficient (Wildman–Crippen LogP) is 4.07. The highest BCUT2D eigenvalue weighted by atomic mass is 16.2. The monoisotopic (exact) mass is 337 g/mol. The van der Waals surface area contributed by atoms with Crippen LogP contribution in [0.15, 0.2) is 48.5 Å². The number of piperazine rings is 1. The van der Waals surface area contributed by atoms with E-state index >= 15 is 0 Å². The second kappa shape index (κ2) is 7.60. The molecule has 1 aliphatic heterocycles. The van der Waals surface area contributed by atoms with Crippen LogP contribution in [0.5, 0.6) is 0 Å². The number of benzene rings is 2. The van der Waals surface area contributed by atoms with E-state index in [0.29, 0.717) is 6.54 Å². The van der Waals surface area contributed by atoms with Crippen molar-refractivity contribution in [2.45, 2.75) is 20.8 Å². The molecule has 1 aliphatic rings. The average molecular weight is 337 g/mol. The van der Waals surface area contributed by atoms with Gasteiger partial charge in [-0.15, -0.1) is 0 Å². The Morgan fingerprint density at radius 3 is 2.20 bits per heavy atom. The highest BCUT2D eigenvalue weighted by Gasteiger charge is 2.25. The van der Waals surface area contributed by atoms with Crippen molar-refractivity contribution in [3.8, 4) is 0 Å². The highest BCUT2D eigenvalue weighted by Crippen LogP contribution is 2.21. The standard InChI is InChI=1S/C21H27N3O/c1-4-24(20-10-6-8-18(3)16-20)21(25)23-13-11-22(12-14-23)19-9-5-7-17(2)15-19/h5-10,15-16H,4,11-14H2,1-3H3. The molecular weight excluding hydrogens is 310 g/mol. The van der Waals surface area contributed by atoms with Crippen LogP contribution in [0.4, 0.5) is 16.2 Å². The number of anilines is 2. The predicted molar refractivity (Wildman–Crippen MR) is 105 cm³/mol. The Bertz CT molecular complexity index is 735. The van der Waals surface area contributed by atoms with Gasteiger partial charge >= 0.3 is 6.03 Å². The van der Waals surface area contributed by atoms with Gasteiger partial charge in [-0.05, 0) is 56.2 Å². The minimum Gasteiger partial charge on any atom is -0.368 e. The molecule has 4 heteroatoms. The van der Waals surface area contributed by atoms with Gasteiger partial charge in [0.25, 0.3) is 0 Å². The first-order valence-electron chi connectivity index (χ1n) is 9.03. The number of rotatable bonds is 3. The van der Waals surface area contributed by atoms with Crippen LogP contribution in [-0.2, 0) is 0 Å². The van der Waals surface area contributed by atoms with Crippen molar-refractivity contribution in [2.75, 3.05) is 42.5 Å². The third kappa shape index (κ3) is 3.95. The molecule has 3 rings (SSSR count). The van der Waals surface area contributed by atoms with Crippen LogP contribution in [-0.4, -0.2) is 43.7 Å². The number of amides is 2. The van der Waals surface area contributed by atoms with Gasteiger partial charge in [0.05, 0.1) is 0 Å². The zero-order chi connectivity index (χ0) is 17.8. The van der Waals surface area contributed by atoms with Crippen molar-refractivity contribution in [1.82, 2.24) is 4.90 Å². The number of nitrogens with zero attached hydrogens (tertiary/aromatic N) is 3. The molecule has 0 aromatic heterocycles. The number of hydrogen-bond donors (Lipinski definition) is 0. The molecule has 0 radical (unpaired) electrons. The maximum absolute atomic E-state index is 13.0. The second-order valence-corrected chi connectivity index (χ2v) is 6.68. The summed E-state index contributed by atoms with van der Waals surface area (Å²) in [6, 6.07) is 16.8. The van der Waals surface area contributed by atoms with Crippen molar-refractivity contribution >= 4 is 17.4 Å². The SMILES string of the molecule is CCN(C(=O)N1CCN(c2cccc(C)c2)CC1)c1cccc(C)c1. The molecule has 2 aromatic rings. The minimum atomic E-state index is 0.108. The summed E-state index contributed by atoms with van der Waals surface area (Å²) in [5.41, 5.74) is 4.67. The molecular formula is C21H27N3O. The number of carbonyl (C=O) groups excluding carboxylic acids is 1. The molecule has 2 aromatic carbocycles. The maximum atomic E-state index is 13.0. The van der Waals surface area contributed by atoms with Crippen molar-refractivity contribution < 1.29 is 4.79 Å². The largest absolute Gasteiger partial charge is 0.368 e. The molecule has 1 saturated heterocycles. The summed E-state index contributed by atoms with van der Waals surface area (Å²) in [6.07, 6.45) is 0. The summed E-state index contributed by atoms with van der Waals surface area (Å²) < 4.78 is 0. The number of urea groups is 1. The Balaban J connectivity index is 1.66. The van der Waals surface area contributed by atoms with Crippen LogP contribution in [0.25, 0.3) is 0 Å². The van der Waals surface area contributed by atoms with Crippen LogP contribution in [0.2, 0.25) is 0 Å². The van der Waals surface area contributed by atoms with Gasteiger partial charge in [0, 0.05) is 44.1 Å². The van der Waals surface area contributed by atoms with Gasteiger partial charge in [-0.25, -0.2) is 4.79 Å². The second-order valence-electron chi connectivity index (χ2n) is 6.68. The van der Waals surface area contributed by atoms with Crippen molar-refractivity contribution in [3.63, 3.8) is 0 Å². The van der Waals surface area contributed by atoms with Gasteiger partial charge < -0.3 is 9.80 Å². The zero-order valence-corrected chi connectivity index (χ0v) is 15.4. The van der Waals surface area contributed by atoms with Crippen LogP contribution in [0.1, 0.15) is 18.1 Å². The Labute approximate surface area is 150 Å². The molecule has 25 heavy (non-hydrogen) atoms. The van der Waals surface area contributed by atoms with E-state index in [9.17, 15) is 4.79 Å². The van der Waals surface area contributed by atoms with E-state index in [1.807, 2.05) is 28.9 Å². The first-order valence-corrected chi connectivity index (χ1v) is 9.03. The van der Waals surface area contributed by atoms with Gasteiger partial charge in [-0.1, -0.05) is 24.3 Å². The van der Waals surface area contributed by atoms with E-state index in [1.54, 1.807) is 0 Å². The Morgan fingerprint density at radius 1 is 0.960 bits per heavy atom. The lowest BCUT2D eigenvalue weighted by atomic mass is 10.2. The van der Waals surface area contributed by atoms with E-state index in [1.165, 1.54) is 16.8 Å². The molecule has 132 valence electrons. The normalized spacial score (nSPS) is 14.5. The van der Waals surface area contributed by atoms with Gasteiger partial charge in [-0.3, -0.25) is 4.90 Å². The minimum absolute atomic E-state index is 0.108. The average Bonchev–Trinajstić information content (AvgIpc) is 2.62. The molecule has 0 bridgehead atoms. The molecule has 0 spiro atoms. The first-order chi connectivity index (χ1) is 12.1. The molecule has 4 nitrogen and oxygen atoms in total. The Kier molecular flexibility index (Phi) is 5.27. The van der Waals surface area contributed by atoms with Crippen molar-refractivity contribution in [3.05, 3.63) is 59.7 Å². The number of aryl methyl sites for hydroxylation is 2. The van der Waals surface area contributed by atoms with Crippen LogP contribution < -0.4 is 9.80 Å². The lowest BCUT2D eigenvalue weighted by Crippen LogP contribution is -2.53. The summed E-state index contributed by atoms with van der Waals surface area (Å²) in [5.74, 6) is 0. The van der Waals surface area contributed by atoms with E-state index < -0.39 is 0 Å². The summed E-state index contributed by atoms with van der Waals surface area (Å²) >= 11 is 0. The van der Waals surface area contributed by atoms with Gasteiger partial charge in [0.1, 0.15) is 0 Å². The molecule has 1 heterocycles. The summed E-state index contributed by atoms with van der Waals surface area (Å²) in [4.78, 5) is 19.2. The quantitative estimate of drug-likeness (QED) is 0.844. The van der Waals surface area contributed by atoms with Crippen molar-refractivity contribution in [2.24, 2.45) is 0 Å². The summed E-state index contributed by atoms with van der Waals surface area (Å²) in [7, 11) is 0. The van der Waals surface area contributed by atoms with Crippen LogP contribution in [0, 0.1) is 13.8 Å². The molecule has 0 aliphatic carbocycles. The fourth-order valence-electron chi connectivity index (χ4n) is 3.38. The van der Waals surface area contributed by atoms with E-state index in [4.69, 9.17) is 0 Å². The third-order valence-corrected chi connectivity index (χ3v) is 4.78. The van der Waals surface area contributed by atoms with Crippen LogP contribution in [0.3, 0.4) is 0 Å². The molecule has 0 N–H and O–H groups in total. The smallest absolute Gasteiger partial charge is 0.324 e. The Hall–Kier alpha value is -2.49. The number of carbonyl (C=O) groups is 1. The lowest BCUT2D eigenvalue weighted by molar-refractivity contribution is 0.201. The molecule has 0 saturated carbocycles. The molecule has 0 unspecified atom stereocenters. The third-order valence-electron chi connectivity index (χ3n) is 4.78. The van der Waals surface area contributed by atoms with Crippen LogP contribution >= 0.6 is 0 Å². The summed E-state index contributed by atoms with van der Waals surface area (Å²) in [6.45, 7) is 10.2. The Morgan fingerprint density at radius 2 is 1.60 bits per heavy atom. The molecule has 1 fully saturated rings. The fraction of sp³-hybridized carbons (Fsp3) is 0.381. The van der Waals surface area contributed by atoms with E-state index in [-0.39, 0.29) is 6.03 Å². The fourth-order valence-corrected chi connectivity index (χ4v) is 3.38. The topological polar surface area (TPSA) is 26.8 Å². The molecule has 2 amide bonds. The zero-order valence-electron chi connectivity index (χ0n) is 15.4. The summed E-state index contributed by atoms with van der Waals surface area (Å²) in [5, 5.41) is 0. The van der Waals surface area contributed by atoms with Gasteiger partial charge in [0.15, 0.2) is 0 Å². The first kappa shape index (κ1) is 17.3. The number of hydrogen-bond acceptors (Lipinski definition) is 2. The van der Waals surface area contributed by atoms with Crippen molar-refractivity contribution in [1.29, 1.82) is 0 Å². The highest BCUT2D eigenvalue weighted by molar-refractivity contribution is 5.92. The van der Waals surface area contributed by atoms with Gasteiger partial charge in [-0.2, -0.15) is 0 Å². The van der Waals surface area contributed by atoms with E-state index in [0.717, 1.165) is 31.9 Å². The van der Waals surface area contributed by atoms with Gasteiger partial charge in [0.2, 0.25) is 0 Å².